The summed E-state index contributed by atoms with van der Waals surface area (Å²) in [6, 6.07) is 15.1. The van der Waals surface area contributed by atoms with Crippen LogP contribution in [-0.2, 0) is 25.7 Å². The summed E-state index contributed by atoms with van der Waals surface area (Å²) >= 11 is 6.54. The molecule has 0 radical (unpaired) electrons. The van der Waals surface area contributed by atoms with Gasteiger partial charge in [0.25, 0.3) is 5.91 Å². The number of fused-ring (bicyclic) bond motifs is 2. The predicted octanol–water partition coefficient (Wildman–Crippen LogP) is 3.83. The summed E-state index contributed by atoms with van der Waals surface area (Å²) in [5, 5.41) is 11.0. The summed E-state index contributed by atoms with van der Waals surface area (Å²) < 4.78 is 6.75. The highest BCUT2D eigenvalue weighted by molar-refractivity contribution is 6.34. The van der Waals surface area contributed by atoms with Crippen LogP contribution in [0.2, 0.25) is 5.02 Å². The number of nitrogens with zero attached hydrogens (tertiary/aromatic N) is 3. The summed E-state index contributed by atoms with van der Waals surface area (Å²) in [6.45, 7) is 4.74. The van der Waals surface area contributed by atoms with Gasteiger partial charge in [-0.05, 0) is 30.0 Å². The number of benzene rings is 2. The van der Waals surface area contributed by atoms with Crippen molar-refractivity contribution in [3.05, 3.63) is 89.5 Å². The summed E-state index contributed by atoms with van der Waals surface area (Å²) in [7, 11) is 0. The van der Waals surface area contributed by atoms with Gasteiger partial charge in [-0.25, -0.2) is 0 Å². The molecule has 0 aliphatic carbocycles. The second-order valence-electron chi connectivity index (χ2n) is 12.0. The number of carbonyl (C=O) groups excluding carboxylic acids is 3. The molecule has 1 N–H and O–H groups in total. The first-order valence-electron chi connectivity index (χ1n) is 14.6. The predicted molar refractivity (Wildman–Crippen MR) is 159 cm³/mol. The van der Waals surface area contributed by atoms with Crippen molar-refractivity contribution in [2.45, 2.75) is 50.6 Å². The molecular formula is C33H36ClN3O5. The third kappa shape index (κ3) is 4.66. The van der Waals surface area contributed by atoms with Gasteiger partial charge in [0.1, 0.15) is 11.6 Å². The van der Waals surface area contributed by atoms with E-state index >= 15 is 0 Å². The average molecular weight is 590 g/mol. The number of anilines is 1. The lowest BCUT2D eigenvalue weighted by atomic mass is 9.77. The van der Waals surface area contributed by atoms with E-state index in [-0.39, 0.29) is 36.8 Å². The number of para-hydroxylation sites is 1. The number of amides is 3. The van der Waals surface area contributed by atoms with Gasteiger partial charge < -0.3 is 24.5 Å². The molecule has 1 spiro atoms. The van der Waals surface area contributed by atoms with E-state index in [1.165, 1.54) is 4.90 Å². The molecule has 0 bridgehead atoms. The Bertz CT molecular complexity index is 1430. The van der Waals surface area contributed by atoms with E-state index in [1.54, 1.807) is 28.0 Å². The van der Waals surface area contributed by atoms with Crippen LogP contribution in [0, 0.1) is 17.8 Å². The van der Waals surface area contributed by atoms with Gasteiger partial charge in [-0.3, -0.25) is 14.4 Å². The van der Waals surface area contributed by atoms with E-state index in [1.807, 2.05) is 74.5 Å². The second-order valence-corrected chi connectivity index (χ2v) is 12.4. The first kappa shape index (κ1) is 28.6. The summed E-state index contributed by atoms with van der Waals surface area (Å²) in [5.41, 5.74) is 0.142. The number of hydrogen-bond donors (Lipinski definition) is 1. The molecule has 6 rings (SSSR count). The Kier molecular flexibility index (Phi) is 7.72. The molecule has 4 aliphatic rings. The summed E-state index contributed by atoms with van der Waals surface area (Å²) in [5.74, 6) is -2.44. The molecule has 9 heteroatoms. The maximum Gasteiger partial charge on any atom is 0.253 e. The number of carbonyl (C=O) groups is 3. The quantitative estimate of drug-likeness (QED) is 0.496. The monoisotopic (exact) mass is 589 g/mol. The number of halogens is 1. The van der Waals surface area contributed by atoms with Gasteiger partial charge in [-0.1, -0.05) is 92.2 Å². The lowest BCUT2D eigenvalue weighted by Gasteiger charge is -2.39. The molecule has 4 aliphatic heterocycles. The highest BCUT2D eigenvalue weighted by Crippen LogP contribution is 2.54. The van der Waals surface area contributed by atoms with Crippen molar-refractivity contribution in [3.8, 4) is 0 Å². The maximum absolute atomic E-state index is 14.6. The van der Waals surface area contributed by atoms with Crippen LogP contribution in [0.3, 0.4) is 0 Å². The van der Waals surface area contributed by atoms with Gasteiger partial charge >= 0.3 is 0 Å². The Hall–Kier alpha value is -3.46. The molecule has 2 fully saturated rings. The third-order valence-corrected chi connectivity index (χ3v) is 9.21. The largest absolute Gasteiger partial charge is 0.394 e. The SMILES string of the molecule is CC(C)C[C@H](CO)N1C(=O)[C@@H]2[C@@H]3C(=O)N(Cc4ccccc4)CC=C[C@@H]3O[C@@]23C=CCN(c2ccccc2Cl)C(=O)C13. The Morgan fingerprint density at radius 3 is 2.43 bits per heavy atom. The summed E-state index contributed by atoms with van der Waals surface area (Å²) in [6.07, 6.45) is 7.25. The molecule has 0 aromatic heterocycles. The van der Waals surface area contributed by atoms with Crippen LogP contribution in [0.15, 0.2) is 78.9 Å². The van der Waals surface area contributed by atoms with Crippen LogP contribution in [0.4, 0.5) is 5.69 Å². The fraction of sp³-hybridized carbons (Fsp3) is 0.424. The van der Waals surface area contributed by atoms with Crippen molar-refractivity contribution >= 4 is 35.0 Å². The zero-order valence-electron chi connectivity index (χ0n) is 23.8. The van der Waals surface area contributed by atoms with Gasteiger partial charge in [0.15, 0.2) is 0 Å². The van der Waals surface area contributed by atoms with Gasteiger partial charge in [0.05, 0.1) is 41.3 Å². The first-order valence-corrected chi connectivity index (χ1v) is 15.0. The molecule has 0 saturated carbocycles. The Morgan fingerprint density at radius 2 is 1.71 bits per heavy atom. The zero-order chi connectivity index (χ0) is 29.6. The minimum Gasteiger partial charge on any atom is -0.394 e. The van der Waals surface area contributed by atoms with E-state index in [0.717, 1.165) is 5.56 Å². The minimum atomic E-state index is -1.38. The number of ether oxygens (including phenoxy) is 1. The molecule has 2 saturated heterocycles. The minimum absolute atomic E-state index is 0.153. The number of likely N-dealkylation sites (tertiary alicyclic amines) is 1. The van der Waals surface area contributed by atoms with Crippen molar-refractivity contribution in [1.82, 2.24) is 9.80 Å². The fourth-order valence-electron chi connectivity index (χ4n) is 7.17. The lowest BCUT2D eigenvalue weighted by molar-refractivity contribution is -0.147. The van der Waals surface area contributed by atoms with E-state index in [2.05, 4.69) is 0 Å². The van der Waals surface area contributed by atoms with Crippen molar-refractivity contribution in [2.24, 2.45) is 17.8 Å². The molecule has 42 heavy (non-hydrogen) atoms. The summed E-state index contributed by atoms with van der Waals surface area (Å²) in [4.78, 5) is 48.3. The Balaban J connectivity index is 1.44. The maximum atomic E-state index is 14.6. The van der Waals surface area contributed by atoms with Crippen LogP contribution in [0.5, 0.6) is 0 Å². The van der Waals surface area contributed by atoms with Crippen LogP contribution in [-0.4, -0.2) is 76.1 Å². The third-order valence-electron chi connectivity index (χ3n) is 8.89. The highest BCUT2D eigenvalue weighted by Gasteiger charge is 2.72. The molecule has 220 valence electrons. The van der Waals surface area contributed by atoms with Crippen LogP contribution < -0.4 is 4.90 Å². The van der Waals surface area contributed by atoms with E-state index in [4.69, 9.17) is 16.3 Å². The molecule has 6 atom stereocenters. The number of hydrogen-bond acceptors (Lipinski definition) is 5. The van der Waals surface area contributed by atoms with Crippen LogP contribution in [0.25, 0.3) is 0 Å². The molecule has 2 aromatic rings. The van der Waals surface area contributed by atoms with Crippen molar-refractivity contribution < 1.29 is 24.2 Å². The van der Waals surface area contributed by atoms with Crippen LogP contribution in [0.1, 0.15) is 25.8 Å². The van der Waals surface area contributed by atoms with Gasteiger partial charge in [0, 0.05) is 19.6 Å². The van der Waals surface area contributed by atoms with Crippen LogP contribution >= 0.6 is 11.6 Å². The normalized spacial score (nSPS) is 29.5. The average Bonchev–Trinajstić information content (AvgIpc) is 3.30. The molecule has 1 unspecified atom stereocenters. The standard InChI is InChI=1S/C33H36ClN3O5/c1-21(2)18-23(20-38)37-29-32(41)36(25-13-7-6-12-24(25)34)17-9-15-33(29)28(31(37)40)27-26(42-33)14-8-16-35(30(27)39)19-22-10-4-3-5-11-22/h3-15,21,23,26-29,38H,16-20H2,1-2H3/t23-,26+,27-,28+,29?,33+/m1/s1. The van der Waals surface area contributed by atoms with E-state index in [0.29, 0.717) is 30.2 Å². The van der Waals surface area contributed by atoms with Gasteiger partial charge in [0.2, 0.25) is 11.8 Å². The zero-order valence-corrected chi connectivity index (χ0v) is 24.6. The Labute approximate surface area is 251 Å². The molecule has 4 heterocycles. The number of rotatable bonds is 7. The van der Waals surface area contributed by atoms with Gasteiger partial charge in [-0.15, -0.1) is 0 Å². The van der Waals surface area contributed by atoms with E-state index in [9.17, 15) is 19.5 Å². The second kappa shape index (κ2) is 11.3. The molecule has 2 aromatic carbocycles. The van der Waals surface area contributed by atoms with Crippen molar-refractivity contribution in [3.63, 3.8) is 0 Å². The molecule has 3 amide bonds. The van der Waals surface area contributed by atoms with E-state index < -0.39 is 35.6 Å². The Morgan fingerprint density at radius 1 is 0.976 bits per heavy atom. The lowest BCUT2D eigenvalue weighted by Crippen LogP contribution is -2.58. The van der Waals surface area contributed by atoms with Crippen molar-refractivity contribution in [2.75, 3.05) is 24.6 Å². The highest BCUT2D eigenvalue weighted by atomic mass is 35.5. The van der Waals surface area contributed by atoms with Gasteiger partial charge in [-0.2, -0.15) is 0 Å². The topological polar surface area (TPSA) is 90.4 Å². The van der Waals surface area contributed by atoms with Crippen molar-refractivity contribution in [1.29, 1.82) is 0 Å². The smallest absolute Gasteiger partial charge is 0.253 e. The first-order chi connectivity index (χ1) is 20.3. The fourth-order valence-corrected chi connectivity index (χ4v) is 7.41. The molecular weight excluding hydrogens is 554 g/mol. The number of aliphatic hydroxyl groups is 1. The molecule has 8 nitrogen and oxygen atoms in total. The number of aliphatic hydroxyl groups excluding tert-OH is 1.